The van der Waals surface area contributed by atoms with Crippen molar-refractivity contribution in [1.29, 1.82) is 0 Å². The van der Waals surface area contributed by atoms with E-state index in [4.69, 9.17) is 4.74 Å². The average molecular weight is 428 g/mol. The molecule has 0 spiro atoms. The molecule has 7 heteroatoms. The minimum absolute atomic E-state index is 0.163. The van der Waals surface area contributed by atoms with Gasteiger partial charge in [-0.2, -0.15) is 0 Å². The van der Waals surface area contributed by atoms with Gasteiger partial charge in [-0.25, -0.2) is 8.42 Å². The van der Waals surface area contributed by atoms with E-state index in [9.17, 15) is 17.8 Å². The maximum Gasteiger partial charge on any atom is 0.326 e. The highest BCUT2D eigenvalue weighted by Gasteiger charge is 2.50. The van der Waals surface area contributed by atoms with Gasteiger partial charge < -0.3 is 9.29 Å². The number of rotatable bonds is 7. The first-order valence-corrected chi connectivity index (χ1v) is 12.4. The summed E-state index contributed by atoms with van der Waals surface area (Å²) in [4.78, 5) is 12.3. The predicted molar refractivity (Wildman–Crippen MR) is 116 cm³/mol. The summed E-state index contributed by atoms with van der Waals surface area (Å²) >= 11 is 0. The van der Waals surface area contributed by atoms with Crippen LogP contribution in [0.5, 0.6) is 0 Å². The lowest BCUT2D eigenvalue weighted by molar-refractivity contribution is -0.139. The lowest BCUT2D eigenvalue weighted by atomic mass is 10.3. The first-order chi connectivity index (χ1) is 13.9. The van der Waals surface area contributed by atoms with E-state index in [0.29, 0.717) is 0 Å². The first-order valence-electron chi connectivity index (χ1n) is 8.97. The van der Waals surface area contributed by atoms with Gasteiger partial charge in [0.15, 0.2) is 5.25 Å². The summed E-state index contributed by atoms with van der Waals surface area (Å²) < 4.78 is 40.9. The zero-order chi connectivity index (χ0) is 20.9. The summed E-state index contributed by atoms with van der Waals surface area (Å²) in [5.74, 6) is -1.04. The molecule has 0 radical (unpaired) electrons. The summed E-state index contributed by atoms with van der Waals surface area (Å²) in [6.45, 7) is 0. The summed E-state index contributed by atoms with van der Waals surface area (Å²) in [6.07, 6.45) is -0.163. The van der Waals surface area contributed by atoms with Gasteiger partial charge in [-0.05, 0) is 36.4 Å². The van der Waals surface area contributed by atoms with E-state index in [1.165, 1.54) is 0 Å². The Kier molecular flexibility index (Phi) is 6.48. The van der Waals surface area contributed by atoms with Crippen LogP contribution in [-0.4, -0.2) is 37.5 Å². The lowest BCUT2D eigenvalue weighted by Crippen LogP contribution is -2.43. The molecule has 3 rings (SSSR count). The Bertz CT molecular complexity index is 957. The highest BCUT2D eigenvalue weighted by Crippen LogP contribution is 2.56. The van der Waals surface area contributed by atoms with Crippen LogP contribution in [0.4, 0.5) is 0 Å². The Balaban J connectivity index is 2.35. The molecular formula is C22H21O5PS. The quantitative estimate of drug-likeness (QED) is 0.327. The van der Waals surface area contributed by atoms with Crippen molar-refractivity contribution in [3.05, 3.63) is 91.0 Å². The van der Waals surface area contributed by atoms with Gasteiger partial charge in [0.25, 0.3) is 0 Å². The summed E-state index contributed by atoms with van der Waals surface area (Å²) in [5.41, 5.74) is 0. The minimum Gasteiger partial charge on any atom is -0.747 e. The van der Waals surface area contributed by atoms with Gasteiger partial charge in [0.05, 0.1) is 7.11 Å². The van der Waals surface area contributed by atoms with Crippen LogP contribution in [0.1, 0.15) is 0 Å². The van der Waals surface area contributed by atoms with Crippen LogP contribution >= 0.6 is 7.26 Å². The standard InChI is InChI=1S/C22H21O5PS/c1-27-22(23)21(29(24,25)26)17-28(18-11-5-2-6-12-18,19-13-7-3-8-14-19)20-15-9-4-10-16-20/h2-16,21H,17H2,1H3. The molecule has 5 nitrogen and oxygen atoms in total. The van der Waals surface area contributed by atoms with Gasteiger partial charge in [0.1, 0.15) is 39.5 Å². The van der Waals surface area contributed by atoms with Crippen molar-refractivity contribution in [3.63, 3.8) is 0 Å². The van der Waals surface area contributed by atoms with Crippen molar-refractivity contribution in [1.82, 2.24) is 0 Å². The fourth-order valence-corrected chi connectivity index (χ4v) is 9.42. The molecule has 0 aliphatic rings. The van der Waals surface area contributed by atoms with Crippen molar-refractivity contribution in [2.75, 3.05) is 13.3 Å². The van der Waals surface area contributed by atoms with E-state index >= 15 is 0 Å². The summed E-state index contributed by atoms with van der Waals surface area (Å²) in [7, 11) is -6.49. The molecule has 0 aromatic heterocycles. The van der Waals surface area contributed by atoms with Crippen LogP contribution < -0.4 is 15.9 Å². The molecule has 1 atom stereocenters. The van der Waals surface area contributed by atoms with E-state index in [1.807, 2.05) is 91.0 Å². The number of carbonyl (C=O) groups excluding carboxylic acids is 1. The van der Waals surface area contributed by atoms with E-state index < -0.39 is 28.6 Å². The Hall–Kier alpha value is -2.53. The number of hydrogen-bond acceptors (Lipinski definition) is 5. The van der Waals surface area contributed by atoms with E-state index in [1.54, 1.807) is 0 Å². The second-order valence-electron chi connectivity index (χ2n) is 6.50. The fraction of sp³-hybridized carbons (Fsp3) is 0.136. The Morgan fingerprint density at radius 1 is 0.828 bits per heavy atom. The largest absolute Gasteiger partial charge is 0.747 e. The molecule has 0 aliphatic heterocycles. The molecule has 0 amide bonds. The molecule has 3 aromatic rings. The van der Waals surface area contributed by atoms with Crippen molar-refractivity contribution in [2.45, 2.75) is 5.25 Å². The minimum atomic E-state index is -4.93. The van der Waals surface area contributed by atoms with Gasteiger partial charge in [-0.3, -0.25) is 4.79 Å². The van der Waals surface area contributed by atoms with Crippen LogP contribution in [0.2, 0.25) is 0 Å². The number of hydrogen-bond donors (Lipinski definition) is 0. The summed E-state index contributed by atoms with van der Waals surface area (Å²) in [6, 6.07) is 28.3. The fourth-order valence-electron chi connectivity index (χ4n) is 3.47. The maximum atomic E-state index is 12.3. The van der Waals surface area contributed by atoms with Crippen LogP contribution in [0.15, 0.2) is 91.0 Å². The van der Waals surface area contributed by atoms with Gasteiger partial charge in [-0.15, -0.1) is 0 Å². The highest BCUT2D eigenvalue weighted by atomic mass is 32.2. The van der Waals surface area contributed by atoms with Gasteiger partial charge in [-0.1, -0.05) is 54.6 Å². The Labute approximate surface area is 171 Å². The van der Waals surface area contributed by atoms with Crippen molar-refractivity contribution in [2.24, 2.45) is 0 Å². The van der Waals surface area contributed by atoms with Gasteiger partial charge >= 0.3 is 5.97 Å². The topological polar surface area (TPSA) is 83.5 Å². The van der Waals surface area contributed by atoms with E-state index in [2.05, 4.69) is 0 Å². The van der Waals surface area contributed by atoms with Crippen molar-refractivity contribution in [3.8, 4) is 0 Å². The monoisotopic (exact) mass is 428 g/mol. The first kappa shape index (κ1) is 21.2. The number of methoxy groups -OCH3 is 1. The average Bonchev–Trinajstić information content (AvgIpc) is 2.75. The highest BCUT2D eigenvalue weighted by molar-refractivity contribution is 7.97. The smallest absolute Gasteiger partial charge is 0.326 e. The zero-order valence-electron chi connectivity index (χ0n) is 15.8. The summed E-state index contributed by atoms with van der Waals surface area (Å²) in [5, 5.41) is 0.848. The second-order valence-corrected chi connectivity index (χ2v) is 11.6. The Morgan fingerprint density at radius 2 is 1.17 bits per heavy atom. The van der Waals surface area contributed by atoms with Crippen LogP contribution in [0, 0.1) is 0 Å². The molecule has 0 fully saturated rings. The molecule has 1 unspecified atom stereocenters. The van der Waals surface area contributed by atoms with Crippen molar-refractivity contribution < 1.29 is 22.5 Å². The maximum absolute atomic E-state index is 12.3. The molecule has 0 saturated carbocycles. The number of benzene rings is 3. The molecule has 3 aromatic carbocycles. The number of carbonyl (C=O) groups is 1. The molecule has 0 N–H and O–H groups in total. The second kappa shape index (κ2) is 8.87. The molecule has 29 heavy (non-hydrogen) atoms. The van der Waals surface area contributed by atoms with Crippen LogP contribution in [-0.2, 0) is 19.6 Å². The molecule has 0 saturated heterocycles. The van der Waals surface area contributed by atoms with Gasteiger partial charge in [0.2, 0.25) is 0 Å². The zero-order valence-corrected chi connectivity index (χ0v) is 17.6. The van der Waals surface area contributed by atoms with Gasteiger partial charge in [0, 0.05) is 0 Å². The number of esters is 1. The van der Waals surface area contributed by atoms with E-state index in [0.717, 1.165) is 23.0 Å². The third kappa shape index (κ3) is 4.40. The molecule has 0 aliphatic carbocycles. The van der Waals surface area contributed by atoms with Crippen molar-refractivity contribution >= 4 is 39.3 Å². The molecular weight excluding hydrogens is 407 g/mol. The van der Waals surface area contributed by atoms with Crippen LogP contribution in [0.3, 0.4) is 0 Å². The predicted octanol–water partition coefficient (Wildman–Crippen LogP) is 2.07. The number of ether oxygens (including phenoxy) is 1. The third-order valence-corrected chi connectivity index (χ3v) is 10.6. The Morgan fingerprint density at radius 3 is 1.45 bits per heavy atom. The normalized spacial score (nSPS) is 12.9. The molecule has 0 bridgehead atoms. The van der Waals surface area contributed by atoms with Crippen LogP contribution in [0.25, 0.3) is 0 Å². The van der Waals surface area contributed by atoms with E-state index in [-0.39, 0.29) is 6.16 Å². The SMILES string of the molecule is COC(=O)C(C[P+](c1ccccc1)(c1ccccc1)c1ccccc1)S(=O)(=O)[O-]. The lowest BCUT2D eigenvalue weighted by Gasteiger charge is -2.31. The molecule has 150 valence electrons. The third-order valence-electron chi connectivity index (χ3n) is 4.84. The molecule has 0 heterocycles.